The van der Waals surface area contributed by atoms with E-state index >= 15 is 0 Å². The Balaban J connectivity index is 1.39. The summed E-state index contributed by atoms with van der Waals surface area (Å²) >= 11 is 0. The third kappa shape index (κ3) is 5.64. The quantitative estimate of drug-likeness (QED) is 0.329. The maximum Gasteiger partial charge on any atom is 0.408 e. The van der Waals surface area contributed by atoms with Gasteiger partial charge in [0.15, 0.2) is 0 Å². The lowest BCUT2D eigenvalue weighted by atomic mass is 10.1. The summed E-state index contributed by atoms with van der Waals surface area (Å²) in [5, 5.41) is 24.9. The fraction of sp³-hybridized carbons (Fsp3) is 0.833. The van der Waals surface area contributed by atoms with Crippen molar-refractivity contribution in [3.05, 3.63) is 0 Å². The first kappa shape index (κ1) is 24.8. The van der Waals surface area contributed by atoms with Gasteiger partial charge in [0.05, 0.1) is 6.10 Å². The molecule has 4 rings (SSSR count). The fourth-order valence-corrected chi connectivity index (χ4v) is 5.46. The minimum atomic E-state index is -1.27. The molecule has 0 spiro atoms. The normalized spacial score (nSPS) is 31.4. The van der Waals surface area contributed by atoms with E-state index in [9.17, 15) is 29.4 Å². The van der Waals surface area contributed by atoms with Crippen LogP contribution in [0.2, 0.25) is 0 Å². The zero-order valence-electron chi connectivity index (χ0n) is 19.8. The molecule has 10 nitrogen and oxygen atoms in total. The van der Waals surface area contributed by atoms with Gasteiger partial charge in [-0.05, 0) is 50.4 Å². The summed E-state index contributed by atoms with van der Waals surface area (Å²) in [6.07, 6.45) is 6.15. The Labute approximate surface area is 199 Å². The van der Waals surface area contributed by atoms with Gasteiger partial charge in [-0.3, -0.25) is 9.59 Å². The SMILES string of the molecule is CCCCCC[C@H](NC(=O)OC1C[C@@H]2C[C@@H]2C1)C(=O)N1C[C@H](O)C[C@H]1C(=O)NC1(C(=O)O)CC1. The molecule has 4 fully saturated rings. The number of carboxylic acid groups (broad SMARTS) is 1. The monoisotopic (exact) mass is 479 g/mol. The highest BCUT2D eigenvalue weighted by molar-refractivity contribution is 5.95. The maximum absolute atomic E-state index is 13.5. The predicted molar refractivity (Wildman–Crippen MR) is 121 cm³/mol. The number of aliphatic hydroxyl groups is 1. The number of carbonyl (C=O) groups is 4. The van der Waals surface area contributed by atoms with Gasteiger partial charge >= 0.3 is 12.1 Å². The van der Waals surface area contributed by atoms with Gasteiger partial charge in [0.25, 0.3) is 0 Å². The third-order valence-corrected chi connectivity index (χ3v) is 7.80. The standard InChI is InChI=1S/C24H37N3O7/c1-2-3-4-5-6-18(25-23(33)34-17-10-14-9-15(14)11-17)21(30)27-13-16(28)12-19(27)20(29)26-24(7-8-24)22(31)32/h14-19,28H,2-13H2,1H3,(H,25,33)(H,26,29)(H,31,32)/t14-,15+,16-,17?,18+,19+/m1/s1. The lowest BCUT2D eigenvalue weighted by Crippen LogP contribution is -2.56. The van der Waals surface area contributed by atoms with Crippen LogP contribution in [0.1, 0.15) is 77.6 Å². The summed E-state index contributed by atoms with van der Waals surface area (Å²) in [6, 6.07) is -1.84. The number of alkyl carbamates (subject to hydrolysis) is 1. The third-order valence-electron chi connectivity index (χ3n) is 7.80. The van der Waals surface area contributed by atoms with Crippen molar-refractivity contribution in [1.82, 2.24) is 15.5 Å². The summed E-state index contributed by atoms with van der Waals surface area (Å²) in [7, 11) is 0. The smallest absolute Gasteiger partial charge is 0.408 e. The predicted octanol–water partition coefficient (Wildman–Crippen LogP) is 1.55. The highest BCUT2D eigenvalue weighted by atomic mass is 16.6. The number of amides is 3. The molecule has 0 aromatic heterocycles. The number of aliphatic carboxylic acids is 1. The second-order valence-corrected chi connectivity index (χ2v) is 10.6. The molecule has 1 unspecified atom stereocenters. The number of fused-ring (bicyclic) bond motifs is 1. The summed E-state index contributed by atoms with van der Waals surface area (Å²) < 4.78 is 5.56. The molecule has 190 valence electrons. The average Bonchev–Trinajstić information content (AvgIpc) is 3.65. The molecule has 3 saturated carbocycles. The van der Waals surface area contributed by atoms with Gasteiger partial charge in [-0.15, -0.1) is 0 Å². The van der Waals surface area contributed by atoms with Crippen LogP contribution < -0.4 is 10.6 Å². The zero-order valence-corrected chi connectivity index (χ0v) is 19.8. The molecule has 6 atom stereocenters. The van der Waals surface area contributed by atoms with E-state index in [1.165, 1.54) is 11.3 Å². The number of β-amino-alcohol motifs (C(OH)–C–C–N with tert-alkyl or cyclic N) is 1. The summed E-state index contributed by atoms with van der Waals surface area (Å²) in [4.78, 5) is 51.7. The van der Waals surface area contributed by atoms with Crippen molar-refractivity contribution in [2.75, 3.05) is 6.54 Å². The highest BCUT2D eigenvalue weighted by Gasteiger charge is 2.54. The number of hydrogen-bond donors (Lipinski definition) is 4. The number of nitrogens with zero attached hydrogens (tertiary/aromatic N) is 1. The Hall–Kier alpha value is -2.36. The van der Waals surface area contributed by atoms with E-state index in [4.69, 9.17) is 4.74 Å². The summed E-state index contributed by atoms with van der Waals surface area (Å²) in [5.41, 5.74) is -1.27. The first-order valence-corrected chi connectivity index (χ1v) is 12.7. The van der Waals surface area contributed by atoms with Gasteiger partial charge in [-0.1, -0.05) is 32.6 Å². The molecule has 4 N–H and O–H groups in total. The van der Waals surface area contributed by atoms with Crippen LogP contribution in [0.3, 0.4) is 0 Å². The number of carbonyl (C=O) groups excluding carboxylic acids is 3. The number of nitrogens with one attached hydrogen (secondary N) is 2. The largest absolute Gasteiger partial charge is 0.480 e. The van der Waals surface area contributed by atoms with Gasteiger partial charge in [0.2, 0.25) is 11.8 Å². The number of hydrogen-bond acceptors (Lipinski definition) is 6. The lowest BCUT2D eigenvalue weighted by molar-refractivity contribution is -0.145. The van der Waals surface area contributed by atoms with Crippen molar-refractivity contribution in [3.8, 4) is 0 Å². The lowest BCUT2D eigenvalue weighted by Gasteiger charge is -2.29. The number of rotatable bonds is 11. The Kier molecular flexibility index (Phi) is 7.35. The topological polar surface area (TPSA) is 145 Å². The second kappa shape index (κ2) is 10.1. The number of carboxylic acids is 1. The first-order chi connectivity index (χ1) is 16.2. The minimum Gasteiger partial charge on any atom is -0.480 e. The average molecular weight is 480 g/mol. The van der Waals surface area contributed by atoms with Crippen LogP contribution in [-0.2, 0) is 19.1 Å². The first-order valence-electron chi connectivity index (χ1n) is 12.7. The fourth-order valence-electron chi connectivity index (χ4n) is 5.46. The van der Waals surface area contributed by atoms with Crippen LogP contribution >= 0.6 is 0 Å². The molecule has 0 aromatic carbocycles. The van der Waals surface area contributed by atoms with Crippen LogP contribution in [0.15, 0.2) is 0 Å². The number of likely N-dealkylation sites (tertiary alicyclic amines) is 1. The van der Waals surface area contributed by atoms with Crippen molar-refractivity contribution >= 4 is 23.9 Å². The van der Waals surface area contributed by atoms with Crippen LogP contribution in [0.5, 0.6) is 0 Å². The second-order valence-electron chi connectivity index (χ2n) is 10.6. The van der Waals surface area contributed by atoms with E-state index in [2.05, 4.69) is 17.6 Å². The molecule has 4 aliphatic rings. The number of ether oxygens (including phenoxy) is 1. The zero-order chi connectivity index (χ0) is 24.5. The van der Waals surface area contributed by atoms with E-state index < -0.39 is 47.6 Å². The molecular formula is C24H37N3O7. The van der Waals surface area contributed by atoms with Gasteiger partial charge in [-0.25, -0.2) is 9.59 Å². The molecule has 0 radical (unpaired) electrons. The Bertz CT molecular complexity index is 804. The van der Waals surface area contributed by atoms with Crippen LogP contribution in [0, 0.1) is 11.8 Å². The van der Waals surface area contributed by atoms with Crippen LogP contribution in [-0.4, -0.2) is 75.4 Å². The maximum atomic E-state index is 13.5. The van der Waals surface area contributed by atoms with Gasteiger partial charge in [0.1, 0.15) is 23.7 Å². The Morgan fingerprint density at radius 3 is 2.38 bits per heavy atom. The number of aliphatic hydroxyl groups excluding tert-OH is 1. The molecule has 10 heteroatoms. The Morgan fingerprint density at radius 1 is 1.06 bits per heavy atom. The minimum absolute atomic E-state index is 0.0329. The molecule has 3 aliphatic carbocycles. The molecule has 34 heavy (non-hydrogen) atoms. The van der Waals surface area contributed by atoms with Gasteiger partial charge < -0.3 is 30.5 Å². The summed E-state index contributed by atoms with van der Waals surface area (Å²) in [5.74, 6) is -0.799. The van der Waals surface area contributed by atoms with E-state index in [-0.39, 0.29) is 19.1 Å². The molecule has 3 amide bonds. The molecular weight excluding hydrogens is 442 g/mol. The van der Waals surface area contributed by atoms with Crippen molar-refractivity contribution < 1.29 is 34.1 Å². The van der Waals surface area contributed by atoms with Crippen LogP contribution in [0.25, 0.3) is 0 Å². The molecule has 1 aliphatic heterocycles. The van der Waals surface area contributed by atoms with E-state index in [1.807, 2.05) is 0 Å². The van der Waals surface area contributed by atoms with E-state index in [0.29, 0.717) is 31.1 Å². The van der Waals surface area contributed by atoms with Gasteiger partial charge in [0, 0.05) is 13.0 Å². The van der Waals surface area contributed by atoms with Crippen molar-refractivity contribution in [3.63, 3.8) is 0 Å². The molecule has 0 bridgehead atoms. The van der Waals surface area contributed by atoms with Crippen molar-refractivity contribution in [2.45, 2.75) is 107 Å². The van der Waals surface area contributed by atoms with Crippen molar-refractivity contribution in [1.29, 1.82) is 0 Å². The highest BCUT2D eigenvalue weighted by Crippen LogP contribution is 2.52. The molecule has 0 aromatic rings. The number of unbranched alkanes of at least 4 members (excludes halogenated alkanes) is 3. The molecule has 1 saturated heterocycles. The van der Waals surface area contributed by atoms with Crippen LogP contribution in [0.4, 0.5) is 4.79 Å². The summed E-state index contributed by atoms with van der Waals surface area (Å²) in [6.45, 7) is 2.05. The molecule has 1 heterocycles. The van der Waals surface area contributed by atoms with E-state index in [0.717, 1.165) is 38.5 Å². The van der Waals surface area contributed by atoms with Gasteiger partial charge in [-0.2, -0.15) is 0 Å². The van der Waals surface area contributed by atoms with E-state index in [1.54, 1.807) is 0 Å². The van der Waals surface area contributed by atoms with Crippen molar-refractivity contribution in [2.24, 2.45) is 11.8 Å². The Morgan fingerprint density at radius 2 is 1.76 bits per heavy atom.